The standard InChI is InChI=1S/C23H30N4O4/c1-2-26-12-17(7-9-20(26)28)23(31)27-11-16-6-8-19(18(16)13-27)25-22(30)15-5-3-4-14(10-15)21(24)29/h3-5,10,16-19H,2,6-9,11-13H2,1H3,(H2,24,29)(H,25,30). The average Bonchev–Trinajstić information content (AvgIpc) is 3.35. The van der Waals surface area contributed by atoms with Gasteiger partial charge in [-0.3, -0.25) is 19.2 Å². The molecule has 0 radical (unpaired) electrons. The van der Waals surface area contributed by atoms with Gasteiger partial charge in [-0.1, -0.05) is 6.07 Å². The summed E-state index contributed by atoms with van der Waals surface area (Å²) in [6.45, 7) is 4.46. The molecule has 0 bridgehead atoms. The number of likely N-dealkylation sites (tertiary alicyclic amines) is 2. The maximum Gasteiger partial charge on any atom is 0.251 e. The molecule has 1 saturated carbocycles. The Morgan fingerprint density at radius 2 is 1.87 bits per heavy atom. The summed E-state index contributed by atoms with van der Waals surface area (Å²) in [4.78, 5) is 52.9. The van der Waals surface area contributed by atoms with Gasteiger partial charge in [-0.2, -0.15) is 0 Å². The van der Waals surface area contributed by atoms with E-state index in [0.717, 1.165) is 19.4 Å². The number of fused-ring (bicyclic) bond motifs is 1. The minimum atomic E-state index is -0.563. The van der Waals surface area contributed by atoms with Crippen molar-refractivity contribution >= 4 is 23.6 Å². The van der Waals surface area contributed by atoms with Gasteiger partial charge in [0.1, 0.15) is 0 Å². The molecule has 4 unspecified atom stereocenters. The summed E-state index contributed by atoms with van der Waals surface area (Å²) >= 11 is 0. The highest BCUT2D eigenvalue weighted by molar-refractivity contribution is 5.99. The second kappa shape index (κ2) is 8.69. The second-order valence-electron chi connectivity index (χ2n) is 8.94. The van der Waals surface area contributed by atoms with Gasteiger partial charge in [-0.25, -0.2) is 0 Å². The lowest BCUT2D eigenvalue weighted by Gasteiger charge is -2.33. The van der Waals surface area contributed by atoms with Crippen LogP contribution in [0.1, 0.15) is 53.3 Å². The van der Waals surface area contributed by atoms with E-state index in [1.165, 1.54) is 6.07 Å². The molecule has 3 aliphatic rings. The second-order valence-corrected chi connectivity index (χ2v) is 8.94. The Morgan fingerprint density at radius 1 is 1.10 bits per heavy atom. The normalized spacial score (nSPS) is 27.8. The van der Waals surface area contributed by atoms with Crippen molar-refractivity contribution in [3.05, 3.63) is 35.4 Å². The Morgan fingerprint density at radius 3 is 2.61 bits per heavy atom. The molecule has 2 saturated heterocycles. The molecule has 8 nitrogen and oxygen atoms in total. The molecule has 1 aromatic rings. The van der Waals surface area contributed by atoms with Crippen molar-refractivity contribution in [1.82, 2.24) is 15.1 Å². The van der Waals surface area contributed by atoms with Crippen LogP contribution < -0.4 is 11.1 Å². The number of piperidine rings is 1. The maximum absolute atomic E-state index is 13.1. The minimum Gasteiger partial charge on any atom is -0.366 e. The number of rotatable bonds is 5. The first-order chi connectivity index (χ1) is 14.9. The van der Waals surface area contributed by atoms with Crippen molar-refractivity contribution in [2.24, 2.45) is 23.5 Å². The van der Waals surface area contributed by atoms with Crippen LogP contribution >= 0.6 is 0 Å². The Labute approximate surface area is 182 Å². The summed E-state index contributed by atoms with van der Waals surface area (Å²) in [5.41, 5.74) is 6.04. The molecule has 2 heterocycles. The summed E-state index contributed by atoms with van der Waals surface area (Å²) in [6.07, 6.45) is 2.93. The molecule has 0 aromatic heterocycles. The quantitative estimate of drug-likeness (QED) is 0.732. The Bertz CT molecular complexity index is 901. The van der Waals surface area contributed by atoms with E-state index in [0.29, 0.717) is 49.5 Å². The lowest BCUT2D eigenvalue weighted by Crippen LogP contribution is -2.47. The van der Waals surface area contributed by atoms with Crippen molar-refractivity contribution < 1.29 is 19.2 Å². The van der Waals surface area contributed by atoms with E-state index in [9.17, 15) is 19.2 Å². The molecule has 8 heteroatoms. The molecule has 4 atom stereocenters. The summed E-state index contributed by atoms with van der Waals surface area (Å²) in [6, 6.07) is 6.43. The van der Waals surface area contributed by atoms with E-state index in [-0.39, 0.29) is 35.6 Å². The first kappa shape index (κ1) is 21.3. The van der Waals surface area contributed by atoms with Crippen molar-refractivity contribution in [1.29, 1.82) is 0 Å². The fourth-order valence-corrected chi connectivity index (χ4v) is 5.37. The van der Waals surface area contributed by atoms with Gasteiger partial charge in [0.15, 0.2) is 0 Å². The molecule has 4 rings (SSSR count). The fourth-order valence-electron chi connectivity index (χ4n) is 5.37. The van der Waals surface area contributed by atoms with Gasteiger partial charge in [0, 0.05) is 55.7 Å². The Balaban J connectivity index is 1.37. The predicted molar refractivity (Wildman–Crippen MR) is 114 cm³/mol. The number of amides is 4. The van der Waals surface area contributed by atoms with Gasteiger partial charge in [0.2, 0.25) is 17.7 Å². The minimum absolute atomic E-state index is 0.00704. The summed E-state index contributed by atoms with van der Waals surface area (Å²) < 4.78 is 0. The first-order valence-electron chi connectivity index (χ1n) is 11.1. The molecular weight excluding hydrogens is 396 g/mol. The van der Waals surface area contributed by atoms with Crippen LogP contribution in [0.5, 0.6) is 0 Å². The van der Waals surface area contributed by atoms with Crippen LogP contribution in [0.25, 0.3) is 0 Å². The third-order valence-electron chi connectivity index (χ3n) is 7.13. The summed E-state index contributed by atoms with van der Waals surface area (Å²) in [5.74, 6) is -0.0124. The van der Waals surface area contributed by atoms with Crippen molar-refractivity contribution in [3.63, 3.8) is 0 Å². The lowest BCUT2D eigenvalue weighted by molar-refractivity contribution is -0.142. The zero-order chi connectivity index (χ0) is 22.1. The van der Waals surface area contributed by atoms with Crippen LogP contribution in [0.4, 0.5) is 0 Å². The number of nitrogens with two attached hydrogens (primary N) is 1. The van der Waals surface area contributed by atoms with E-state index in [2.05, 4.69) is 5.32 Å². The van der Waals surface area contributed by atoms with Crippen LogP contribution in [0.15, 0.2) is 24.3 Å². The molecule has 3 N–H and O–H groups in total. The number of benzene rings is 1. The van der Waals surface area contributed by atoms with Gasteiger partial charge in [0.05, 0.1) is 5.92 Å². The SMILES string of the molecule is CCN1CC(C(=O)N2CC3CCC(NC(=O)c4cccc(C(N)=O)c4)C3C2)CCC1=O. The van der Waals surface area contributed by atoms with Gasteiger partial charge in [-0.05, 0) is 50.3 Å². The zero-order valence-corrected chi connectivity index (χ0v) is 17.9. The average molecular weight is 427 g/mol. The van der Waals surface area contributed by atoms with Gasteiger partial charge in [0.25, 0.3) is 5.91 Å². The highest BCUT2D eigenvalue weighted by Gasteiger charge is 2.46. The topological polar surface area (TPSA) is 113 Å². The summed E-state index contributed by atoms with van der Waals surface area (Å²) in [7, 11) is 0. The van der Waals surface area contributed by atoms with Gasteiger partial charge < -0.3 is 20.9 Å². The molecule has 1 aliphatic carbocycles. The first-order valence-corrected chi connectivity index (χ1v) is 11.1. The number of carbonyl (C=O) groups is 4. The number of nitrogens with zero attached hydrogens (tertiary/aromatic N) is 2. The Hall–Kier alpha value is -2.90. The predicted octanol–water partition coefficient (Wildman–Crippen LogP) is 1.01. The highest BCUT2D eigenvalue weighted by Crippen LogP contribution is 2.39. The van der Waals surface area contributed by atoms with Crippen molar-refractivity contribution in [2.45, 2.75) is 38.6 Å². The number of nitrogens with one attached hydrogen (secondary N) is 1. The third kappa shape index (κ3) is 4.29. The van der Waals surface area contributed by atoms with Gasteiger partial charge >= 0.3 is 0 Å². The molecule has 4 amide bonds. The molecular formula is C23H30N4O4. The van der Waals surface area contributed by atoms with Crippen molar-refractivity contribution in [2.75, 3.05) is 26.2 Å². The number of primary amides is 1. The molecule has 0 spiro atoms. The monoisotopic (exact) mass is 426 g/mol. The fraction of sp³-hybridized carbons (Fsp3) is 0.565. The van der Waals surface area contributed by atoms with Crippen LogP contribution in [0.2, 0.25) is 0 Å². The molecule has 166 valence electrons. The molecule has 3 fully saturated rings. The molecule has 31 heavy (non-hydrogen) atoms. The molecule has 2 aliphatic heterocycles. The van der Waals surface area contributed by atoms with Crippen LogP contribution in [-0.4, -0.2) is 65.6 Å². The maximum atomic E-state index is 13.1. The van der Waals surface area contributed by atoms with E-state index in [4.69, 9.17) is 5.73 Å². The van der Waals surface area contributed by atoms with E-state index < -0.39 is 5.91 Å². The van der Waals surface area contributed by atoms with E-state index in [1.807, 2.05) is 11.8 Å². The molecule has 1 aromatic carbocycles. The van der Waals surface area contributed by atoms with Crippen LogP contribution in [0, 0.1) is 17.8 Å². The zero-order valence-electron chi connectivity index (χ0n) is 17.9. The number of hydrogen-bond acceptors (Lipinski definition) is 4. The van der Waals surface area contributed by atoms with Crippen molar-refractivity contribution in [3.8, 4) is 0 Å². The summed E-state index contributed by atoms with van der Waals surface area (Å²) in [5, 5.41) is 3.11. The number of hydrogen-bond donors (Lipinski definition) is 2. The smallest absolute Gasteiger partial charge is 0.251 e. The largest absolute Gasteiger partial charge is 0.366 e. The Kier molecular flexibility index (Phi) is 5.98. The van der Waals surface area contributed by atoms with E-state index >= 15 is 0 Å². The van der Waals surface area contributed by atoms with Crippen LogP contribution in [0.3, 0.4) is 0 Å². The number of carbonyl (C=O) groups excluding carboxylic acids is 4. The lowest BCUT2D eigenvalue weighted by atomic mass is 9.96. The van der Waals surface area contributed by atoms with Crippen LogP contribution in [-0.2, 0) is 9.59 Å². The van der Waals surface area contributed by atoms with E-state index in [1.54, 1.807) is 23.1 Å². The van der Waals surface area contributed by atoms with Gasteiger partial charge in [-0.15, -0.1) is 0 Å². The highest BCUT2D eigenvalue weighted by atomic mass is 16.2. The third-order valence-corrected chi connectivity index (χ3v) is 7.13.